The number of hydrogen-bond donors (Lipinski definition) is 5. The van der Waals surface area contributed by atoms with Gasteiger partial charge < -0.3 is 20.3 Å². The molecule has 0 saturated heterocycles. The van der Waals surface area contributed by atoms with Crippen molar-refractivity contribution in [3.8, 4) is 0 Å². The van der Waals surface area contributed by atoms with E-state index in [2.05, 4.69) is 20.5 Å². The third kappa shape index (κ3) is 4.66. The molecule has 1 heterocycles. The van der Waals surface area contributed by atoms with Crippen LogP contribution in [-0.2, 0) is 0 Å². The largest absolute Gasteiger partial charge is 0.394 e. The number of nitrogens with zero attached hydrogens (tertiary/aromatic N) is 2. The summed E-state index contributed by atoms with van der Waals surface area (Å²) >= 11 is 5.79. The van der Waals surface area contributed by atoms with Crippen molar-refractivity contribution in [3.63, 3.8) is 0 Å². The Kier molecular flexibility index (Phi) is 6.35. The Morgan fingerprint density at radius 2 is 1.86 bits per heavy atom. The number of aliphatic hydroxyl groups excluding tert-OH is 3. The standard InChI is InChI=1S/C19H17ClN4O5/c20-11-7-5-10(6-8-11)18(28)24-23-15(17(27)14(26)9-25)16-19(29)22-13-4-2-1-3-12(13)21-16/h1-8,14,17,25-27H,9H2,(H,22,29)(H,24,28)/b23-15-. The maximum absolute atomic E-state index is 12.5. The molecule has 5 N–H and O–H groups in total. The molecule has 0 aliphatic rings. The first-order valence-electron chi connectivity index (χ1n) is 8.50. The Hall–Kier alpha value is -3.11. The van der Waals surface area contributed by atoms with E-state index in [9.17, 15) is 19.8 Å². The number of H-pyrrole nitrogens is 1. The number of amides is 1. The van der Waals surface area contributed by atoms with Crippen LogP contribution >= 0.6 is 11.6 Å². The van der Waals surface area contributed by atoms with E-state index in [0.29, 0.717) is 16.1 Å². The minimum atomic E-state index is -1.78. The number of rotatable bonds is 6. The fraction of sp³-hybridized carbons (Fsp3) is 0.158. The van der Waals surface area contributed by atoms with Crippen molar-refractivity contribution in [2.45, 2.75) is 12.2 Å². The van der Waals surface area contributed by atoms with Gasteiger partial charge in [-0.05, 0) is 36.4 Å². The molecule has 0 saturated carbocycles. The number of carbonyl (C=O) groups is 1. The molecule has 150 valence electrons. The number of aromatic amines is 1. The average molecular weight is 417 g/mol. The van der Waals surface area contributed by atoms with Crippen LogP contribution in [0.2, 0.25) is 5.02 Å². The van der Waals surface area contributed by atoms with Crippen molar-refractivity contribution in [3.05, 3.63) is 75.2 Å². The molecule has 1 aromatic heterocycles. The Labute approximate surface area is 169 Å². The summed E-state index contributed by atoms with van der Waals surface area (Å²) in [6.07, 6.45) is -3.42. The van der Waals surface area contributed by atoms with Gasteiger partial charge in [-0.25, -0.2) is 10.4 Å². The van der Waals surface area contributed by atoms with Gasteiger partial charge in [-0.2, -0.15) is 5.10 Å². The van der Waals surface area contributed by atoms with E-state index in [-0.39, 0.29) is 11.3 Å². The first-order valence-corrected chi connectivity index (χ1v) is 8.88. The number of para-hydroxylation sites is 2. The first kappa shape index (κ1) is 20.6. The number of nitrogens with one attached hydrogen (secondary N) is 2. The summed E-state index contributed by atoms with van der Waals surface area (Å²) in [6.45, 7) is -0.795. The number of aliphatic hydroxyl groups is 3. The zero-order chi connectivity index (χ0) is 21.0. The molecule has 29 heavy (non-hydrogen) atoms. The highest BCUT2D eigenvalue weighted by molar-refractivity contribution is 6.30. The normalized spacial score (nSPS) is 13.9. The lowest BCUT2D eigenvalue weighted by molar-refractivity contribution is 0.0183. The van der Waals surface area contributed by atoms with Gasteiger partial charge in [0.15, 0.2) is 5.69 Å². The number of hydrazone groups is 1. The maximum atomic E-state index is 12.5. The summed E-state index contributed by atoms with van der Waals surface area (Å²) < 4.78 is 0. The van der Waals surface area contributed by atoms with E-state index in [4.69, 9.17) is 16.7 Å². The SMILES string of the molecule is O=C(N/N=C(/c1nc2ccccc2[nH]c1=O)C(O)C(O)CO)c1ccc(Cl)cc1. The summed E-state index contributed by atoms with van der Waals surface area (Å²) in [5.74, 6) is -0.637. The van der Waals surface area contributed by atoms with Gasteiger partial charge in [-0.1, -0.05) is 23.7 Å². The molecule has 3 rings (SSSR count). The van der Waals surface area contributed by atoms with Crippen molar-refractivity contribution in [2.75, 3.05) is 6.61 Å². The van der Waals surface area contributed by atoms with Gasteiger partial charge in [0.2, 0.25) is 0 Å². The van der Waals surface area contributed by atoms with Crippen LogP contribution in [0.1, 0.15) is 16.1 Å². The molecule has 1 amide bonds. The predicted octanol–water partition coefficient (Wildman–Crippen LogP) is 0.425. The van der Waals surface area contributed by atoms with Crippen molar-refractivity contribution in [2.24, 2.45) is 5.10 Å². The quantitative estimate of drug-likeness (QED) is 0.290. The second kappa shape index (κ2) is 8.93. The second-order valence-electron chi connectivity index (χ2n) is 6.07. The summed E-state index contributed by atoms with van der Waals surface area (Å²) in [5.41, 5.74) is 1.92. The molecular weight excluding hydrogens is 400 g/mol. The Balaban J connectivity index is 2.02. The fourth-order valence-electron chi connectivity index (χ4n) is 2.52. The second-order valence-corrected chi connectivity index (χ2v) is 6.51. The van der Waals surface area contributed by atoms with E-state index < -0.39 is 36.0 Å². The number of halogens is 1. The number of benzene rings is 2. The summed E-state index contributed by atoms with van der Waals surface area (Å²) in [4.78, 5) is 31.5. The smallest absolute Gasteiger partial charge is 0.276 e. The highest BCUT2D eigenvalue weighted by Crippen LogP contribution is 2.11. The van der Waals surface area contributed by atoms with Gasteiger partial charge in [0.25, 0.3) is 11.5 Å². The molecule has 9 nitrogen and oxygen atoms in total. The van der Waals surface area contributed by atoms with Crippen LogP contribution in [0, 0.1) is 0 Å². The Morgan fingerprint density at radius 3 is 2.55 bits per heavy atom. The fourth-order valence-corrected chi connectivity index (χ4v) is 2.65. The number of aromatic nitrogens is 2. The summed E-state index contributed by atoms with van der Waals surface area (Å²) in [6, 6.07) is 12.7. The van der Waals surface area contributed by atoms with Gasteiger partial charge in [-0.3, -0.25) is 9.59 Å². The third-order valence-electron chi connectivity index (χ3n) is 4.06. The van der Waals surface area contributed by atoms with E-state index in [1.54, 1.807) is 24.3 Å². The van der Waals surface area contributed by atoms with E-state index in [1.165, 1.54) is 24.3 Å². The summed E-state index contributed by atoms with van der Waals surface area (Å²) in [5, 5.41) is 33.6. The van der Waals surface area contributed by atoms with Gasteiger partial charge in [0, 0.05) is 10.6 Å². The minimum absolute atomic E-state index is 0.232. The third-order valence-corrected chi connectivity index (χ3v) is 4.31. The van der Waals surface area contributed by atoms with Crippen molar-refractivity contribution >= 4 is 34.3 Å². The highest BCUT2D eigenvalue weighted by atomic mass is 35.5. The van der Waals surface area contributed by atoms with E-state index in [1.807, 2.05) is 0 Å². The molecule has 0 bridgehead atoms. The van der Waals surface area contributed by atoms with Gasteiger partial charge in [0.1, 0.15) is 17.9 Å². The van der Waals surface area contributed by atoms with E-state index in [0.717, 1.165) is 0 Å². The topological polar surface area (TPSA) is 148 Å². The molecule has 2 unspecified atom stereocenters. The van der Waals surface area contributed by atoms with Crippen LogP contribution in [0.5, 0.6) is 0 Å². The van der Waals surface area contributed by atoms with Crippen molar-refractivity contribution in [1.82, 2.24) is 15.4 Å². The van der Waals surface area contributed by atoms with Crippen LogP contribution in [0.4, 0.5) is 0 Å². The van der Waals surface area contributed by atoms with E-state index >= 15 is 0 Å². The van der Waals surface area contributed by atoms with Crippen LogP contribution in [0.25, 0.3) is 11.0 Å². The molecule has 0 aliphatic carbocycles. The molecule has 0 fully saturated rings. The molecule has 0 radical (unpaired) electrons. The van der Waals surface area contributed by atoms with Crippen molar-refractivity contribution < 1.29 is 20.1 Å². The molecule has 0 aliphatic heterocycles. The molecule has 10 heteroatoms. The minimum Gasteiger partial charge on any atom is -0.394 e. The van der Waals surface area contributed by atoms with Crippen LogP contribution < -0.4 is 11.0 Å². The first-order chi connectivity index (χ1) is 13.9. The Morgan fingerprint density at radius 1 is 1.17 bits per heavy atom. The molecule has 0 spiro atoms. The van der Waals surface area contributed by atoms with Gasteiger partial charge >= 0.3 is 0 Å². The number of hydrogen-bond acceptors (Lipinski definition) is 7. The monoisotopic (exact) mass is 416 g/mol. The molecule has 2 aromatic carbocycles. The molecule has 3 aromatic rings. The zero-order valence-corrected chi connectivity index (χ0v) is 15.7. The lowest BCUT2D eigenvalue weighted by atomic mass is 10.1. The number of carbonyl (C=O) groups excluding carboxylic acids is 1. The predicted molar refractivity (Wildman–Crippen MR) is 107 cm³/mol. The molecular formula is C19H17ClN4O5. The van der Waals surface area contributed by atoms with Crippen LogP contribution in [0.15, 0.2) is 58.4 Å². The van der Waals surface area contributed by atoms with Crippen molar-refractivity contribution in [1.29, 1.82) is 0 Å². The van der Waals surface area contributed by atoms with Gasteiger partial charge in [-0.15, -0.1) is 0 Å². The summed E-state index contributed by atoms with van der Waals surface area (Å²) in [7, 11) is 0. The lowest BCUT2D eigenvalue weighted by Gasteiger charge is -2.17. The number of fused-ring (bicyclic) bond motifs is 1. The zero-order valence-electron chi connectivity index (χ0n) is 14.9. The maximum Gasteiger partial charge on any atom is 0.276 e. The highest BCUT2D eigenvalue weighted by Gasteiger charge is 2.27. The van der Waals surface area contributed by atoms with Crippen LogP contribution in [-0.4, -0.2) is 55.7 Å². The lowest BCUT2D eigenvalue weighted by Crippen LogP contribution is -2.41. The molecule has 2 atom stereocenters. The van der Waals surface area contributed by atoms with Gasteiger partial charge in [0.05, 0.1) is 17.6 Å². The van der Waals surface area contributed by atoms with Crippen LogP contribution in [0.3, 0.4) is 0 Å². The average Bonchev–Trinajstić information content (AvgIpc) is 2.73. The Bertz CT molecular complexity index is 1110.